The Morgan fingerprint density at radius 2 is 1.83 bits per heavy atom. The number of anilines is 1. The predicted octanol–water partition coefficient (Wildman–Crippen LogP) is 4.64. The van der Waals surface area contributed by atoms with Gasteiger partial charge in [-0.3, -0.25) is 4.79 Å². The third kappa shape index (κ3) is 4.40. The van der Waals surface area contributed by atoms with Crippen LogP contribution in [0.1, 0.15) is 50.3 Å². The molecule has 0 aliphatic carbocycles. The minimum Gasteiger partial charge on any atom is -0.497 e. The van der Waals surface area contributed by atoms with Gasteiger partial charge in [0.2, 0.25) is 5.91 Å². The molecule has 30 heavy (non-hydrogen) atoms. The quantitative estimate of drug-likeness (QED) is 0.801. The standard InChI is InChI=1S/C25H32N2O3/c1-17-5-7-19(8-6-17)27-13-11-18(12-14-27)24(28)26-22-16-25(2,3)30-23-15-20(29-4)9-10-21(22)23/h5-10,15,18,22H,11-14,16H2,1-4H3,(H,26,28). The predicted molar refractivity (Wildman–Crippen MR) is 119 cm³/mol. The van der Waals surface area contributed by atoms with E-state index in [-0.39, 0.29) is 23.5 Å². The number of aryl methyl sites for hydroxylation is 1. The Balaban J connectivity index is 1.41. The van der Waals surface area contributed by atoms with E-state index in [0.717, 1.165) is 49.4 Å². The lowest BCUT2D eigenvalue weighted by atomic mass is 9.88. The number of methoxy groups -OCH3 is 1. The summed E-state index contributed by atoms with van der Waals surface area (Å²) in [5.74, 6) is 1.77. The van der Waals surface area contributed by atoms with Crippen molar-refractivity contribution in [1.29, 1.82) is 0 Å². The molecule has 0 bridgehead atoms. The van der Waals surface area contributed by atoms with Crippen molar-refractivity contribution in [2.45, 2.75) is 51.7 Å². The molecule has 5 nitrogen and oxygen atoms in total. The van der Waals surface area contributed by atoms with Crippen molar-refractivity contribution in [3.05, 3.63) is 53.6 Å². The van der Waals surface area contributed by atoms with Crippen LogP contribution in [0.2, 0.25) is 0 Å². The Morgan fingerprint density at radius 3 is 2.50 bits per heavy atom. The summed E-state index contributed by atoms with van der Waals surface area (Å²) < 4.78 is 11.5. The molecule has 160 valence electrons. The van der Waals surface area contributed by atoms with Gasteiger partial charge in [-0.15, -0.1) is 0 Å². The fraction of sp³-hybridized carbons (Fsp3) is 0.480. The number of amides is 1. The molecule has 1 amide bonds. The van der Waals surface area contributed by atoms with Crippen LogP contribution in [0.15, 0.2) is 42.5 Å². The van der Waals surface area contributed by atoms with Crippen LogP contribution in [0.4, 0.5) is 5.69 Å². The molecule has 1 N–H and O–H groups in total. The van der Waals surface area contributed by atoms with Crippen molar-refractivity contribution in [3.63, 3.8) is 0 Å². The molecule has 1 saturated heterocycles. The smallest absolute Gasteiger partial charge is 0.223 e. The highest BCUT2D eigenvalue weighted by Crippen LogP contribution is 2.41. The molecule has 0 spiro atoms. The normalized spacial score (nSPS) is 20.8. The van der Waals surface area contributed by atoms with E-state index in [1.165, 1.54) is 11.3 Å². The Morgan fingerprint density at radius 1 is 1.13 bits per heavy atom. The van der Waals surface area contributed by atoms with Gasteiger partial charge in [0, 0.05) is 42.7 Å². The van der Waals surface area contributed by atoms with Crippen molar-refractivity contribution in [1.82, 2.24) is 5.32 Å². The average Bonchev–Trinajstić information content (AvgIpc) is 2.73. The van der Waals surface area contributed by atoms with Gasteiger partial charge >= 0.3 is 0 Å². The van der Waals surface area contributed by atoms with Crippen LogP contribution in [0.5, 0.6) is 11.5 Å². The van der Waals surface area contributed by atoms with Gasteiger partial charge in [0.15, 0.2) is 0 Å². The lowest BCUT2D eigenvalue weighted by Gasteiger charge is -2.39. The van der Waals surface area contributed by atoms with Crippen LogP contribution in [0.3, 0.4) is 0 Å². The van der Waals surface area contributed by atoms with E-state index in [0.29, 0.717) is 0 Å². The van der Waals surface area contributed by atoms with Crippen LogP contribution >= 0.6 is 0 Å². The number of rotatable bonds is 4. The molecular formula is C25H32N2O3. The number of nitrogens with one attached hydrogen (secondary N) is 1. The number of hydrogen-bond acceptors (Lipinski definition) is 4. The maximum Gasteiger partial charge on any atom is 0.223 e. The average molecular weight is 409 g/mol. The van der Waals surface area contributed by atoms with Gasteiger partial charge in [-0.25, -0.2) is 0 Å². The van der Waals surface area contributed by atoms with Gasteiger partial charge in [-0.05, 0) is 57.9 Å². The first-order chi connectivity index (χ1) is 14.3. The summed E-state index contributed by atoms with van der Waals surface area (Å²) in [5.41, 5.74) is 3.20. The minimum absolute atomic E-state index is 0.0442. The summed E-state index contributed by atoms with van der Waals surface area (Å²) in [6.45, 7) is 8.05. The largest absolute Gasteiger partial charge is 0.497 e. The Hall–Kier alpha value is -2.69. The van der Waals surface area contributed by atoms with E-state index in [1.54, 1.807) is 7.11 Å². The molecule has 2 aliphatic rings. The maximum absolute atomic E-state index is 13.1. The molecule has 2 heterocycles. The van der Waals surface area contributed by atoms with Gasteiger partial charge in [0.25, 0.3) is 0 Å². The zero-order chi connectivity index (χ0) is 21.3. The Kier molecular flexibility index (Phi) is 5.63. The molecule has 0 radical (unpaired) electrons. The van der Waals surface area contributed by atoms with Crippen molar-refractivity contribution in [3.8, 4) is 11.5 Å². The monoisotopic (exact) mass is 408 g/mol. The van der Waals surface area contributed by atoms with Crippen LogP contribution in [0.25, 0.3) is 0 Å². The lowest BCUT2D eigenvalue weighted by Crippen LogP contribution is -2.45. The zero-order valence-corrected chi connectivity index (χ0v) is 18.4. The fourth-order valence-electron chi connectivity index (χ4n) is 4.53. The second kappa shape index (κ2) is 8.21. The van der Waals surface area contributed by atoms with Gasteiger partial charge in [-0.1, -0.05) is 17.7 Å². The number of ether oxygens (including phenoxy) is 2. The first kappa shape index (κ1) is 20.6. The molecule has 0 saturated carbocycles. The Bertz CT molecular complexity index is 899. The summed E-state index contributed by atoms with van der Waals surface area (Å²) in [5, 5.41) is 3.32. The van der Waals surface area contributed by atoms with E-state index >= 15 is 0 Å². The van der Waals surface area contributed by atoms with E-state index in [4.69, 9.17) is 9.47 Å². The van der Waals surface area contributed by atoms with Crippen molar-refractivity contribution >= 4 is 11.6 Å². The second-order valence-electron chi connectivity index (χ2n) is 9.13. The molecule has 0 aromatic heterocycles. The highest BCUT2D eigenvalue weighted by Gasteiger charge is 2.36. The topological polar surface area (TPSA) is 50.8 Å². The summed E-state index contributed by atoms with van der Waals surface area (Å²) in [6, 6.07) is 14.4. The van der Waals surface area contributed by atoms with Crippen molar-refractivity contribution < 1.29 is 14.3 Å². The van der Waals surface area contributed by atoms with Crippen molar-refractivity contribution in [2.75, 3.05) is 25.1 Å². The van der Waals surface area contributed by atoms with Gasteiger partial charge in [0.1, 0.15) is 17.1 Å². The number of piperidine rings is 1. The van der Waals surface area contributed by atoms with Crippen molar-refractivity contribution in [2.24, 2.45) is 5.92 Å². The first-order valence-electron chi connectivity index (χ1n) is 10.8. The summed E-state index contributed by atoms with van der Waals surface area (Å²) >= 11 is 0. The third-order valence-corrected chi connectivity index (χ3v) is 6.26. The number of benzene rings is 2. The fourth-order valence-corrected chi connectivity index (χ4v) is 4.53. The molecule has 4 rings (SSSR count). The number of fused-ring (bicyclic) bond motifs is 1. The molecule has 5 heteroatoms. The molecule has 1 atom stereocenters. The number of carbonyl (C=O) groups is 1. The summed E-state index contributed by atoms with van der Waals surface area (Å²) in [4.78, 5) is 15.5. The van der Waals surface area contributed by atoms with E-state index in [2.05, 4.69) is 55.3 Å². The molecule has 2 aromatic rings. The summed E-state index contributed by atoms with van der Waals surface area (Å²) in [7, 11) is 1.65. The van der Waals surface area contributed by atoms with E-state index < -0.39 is 0 Å². The number of hydrogen-bond donors (Lipinski definition) is 1. The minimum atomic E-state index is -0.341. The highest BCUT2D eigenvalue weighted by atomic mass is 16.5. The molecule has 1 unspecified atom stereocenters. The summed E-state index contributed by atoms with van der Waals surface area (Å²) in [6.07, 6.45) is 2.50. The third-order valence-electron chi connectivity index (χ3n) is 6.26. The van der Waals surface area contributed by atoms with Gasteiger partial charge in [0.05, 0.1) is 13.2 Å². The first-order valence-corrected chi connectivity index (χ1v) is 10.8. The van der Waals surface area contributed by atoms with E-state index in [1.807, 2.05) is 18.2 Å². The zero-order valence-electron chi connectivity index (χ0n) is 18.4. The Labute approximate surface area is 179 Å². The molecule has 2 aliphatic heterocycles. The lowest BCUT2D eigenvalue weighted by molar-refractivity contribution is -0.126. The van der Waals surface area contributed by atoms with Crippen LogP contribution in [0, 0.1) is 12.8 Å². The maximum atomic E-state index is 13.1. The van der Waals surface area contributed by atoms with Crippen LogP contribution in [-0.4, -0.2) is 31.7 Å². The van der Waals surface area contributed by atoms with E-state index in [9.17, 15) is 4.79 Å². The van der Waals surface area contributed by atoms with Crippen LogP contribution in [-0.2, 0) is 4.79 Å². The molecule has 1 fully saturated rings. The highest BCUT2D eigenvalue weighted by molar-refractivity contribution is 5.79. The van der Waals surface area contributed by atoms with Gasteiger partial charge in [-0.2, -0.15) is 0 Å². The van der Waals surface area contributed by atoms with Gasteiger partial charge < -0.3 is 19.7 Å². The molecular weight excluding hydrogens is 376 g/mol. The second-order valence-corrected chi connectivity index (χ2v) is 9.13. The van der Waals surface area contributed by atoms with Crippen LogP contribution < -0.4 is 19.7 Å². The molecule has 2 aromatic carbocycles. The number of carbonyl (C=O) groups excluding carboxylic acids is 1. The SMILES string of the molecule is COc1ccc2c(c1)OC(C)(C)CC2NC(=O)C1CCN(c2ccc(C)cc2)CC1. The number of nitrogens with zero attached hydrogens (tertiary/aromatic N) is 1.